The second-order valence-electron chi connectivity index (χ2n) is 3.71. The monoisotopic (exact) mass is 210 g/mol. The fourth-order valence-corrected chi connectivity index (χ4v) is 1.91. The van der Waals surface area contributed by atoms with Crippen LogP contribution in [0, 0.1) is 11.8 Å². The van der Waals surface area contributed by atoms with E-state index < -0.39 is 11.9 Å². The lowest BCUT2D eigenvalue weighted by molar-refractivity contribution is -0.144. The number of carboxylic acids is 2. The molecule has 2 atom stereocenters. The van der Waals surface area contributed by atoms with Gasteiger partial charge in [-0.05, 0) is 24.8 Å². The van der Waals surface area contributed by atoms with Gasteiger partial charge in [0.15, 0.2) is 0 Å². The van der Waals surface area contributed by atoms with Crippen LogP contribution in [-0.2, 0) is 9.59 Å². The first kappa shape index (κ1) is 11.5. The molecular weight excluding hydrogens is 196 g/mol. The maximum atomic E-state index is 10.9. The third-order valence-electron chi connectivity index (χ3n) is 2.65. The highest BCUT2D eigenvalue weighted by Crippen LogP contribution is 2.30. The van der Waals surface area contributed by atoms with Crippen molar-refractivity contribution in [2.45, 2.75) is 25.7 Å². The van der Waals surface area contributed by atoms with Crippen LogP contribution in [0.1, 0.15) is 25.7 Å². The molecular formula is C11H14O4. The zero-order valence-corrected chi connectivity index (χ0v) is 8.35. The Hall–Kier alpha value is -1.54. The molecule has 1 saturated carbocycles. The van der Waals surface area contributed by atoms with Crippen LogP contribution in [0.4, 0.5) is 0 Å². The highest BCUT2D eigenvalue weighted by atomic mass is 16.4. The normalized spacial score (nSPS) is 25.1. The lowest BCUT2D eigenvalue weighted by Crippen LogP contribution is -2.25. The Morgan fingerprint density at radius 1 is 1.20 bits per heavy atom. The Bertz CT molecular complexity index is 313. The first-order valence-corrected chi connectivity index (χ1v) is 4.99. The lowest BCUT2D eigenvalue weighted by Gasteiger charge is -2.25. The molecule has 0 aromatic rings. The van der Waals surface area contributed by atoms with E-state index in [1.54, 1.807) is 6.08 Å². The Labute approximate surface area is 87.9 Å². The van der Waals surface area contributed by atoms with E-state index in [9.17, 15) is 9.59 Å². The van der Waals surface area contributed by atoms with Gasteiger partial charge in [0.1, 0.15) is 0 Å². The first-order chi connectivity index (χ1) is 7.11. The molecule has 15 heavy (non-hydrogen) atoms. The molecule has 1 aliphatic rings. The van der Waals surface area contributed by atoms with Crippen molar-refractivity contribution < 1.29 is 19.8 Å². The van der Waals surface area contributed by atoms with Crippen molar-refractivity contribution in [3.8, 4) is 0 Å². The summed E-state index contributed by atoms with van der Waals surface area (Å²) >= 11 is 0. The number of carboxylic acid groups (broad SMARTS) is 2. The van der Waals surface area contributed by atoms with Crippen LogP contribution in [0.15, 0.2) is 17.9 Å². The van der Waals surface area contributed by atoms with Crippen LogP contribution >= 0.6 is 0 Å². The van der Waals surface area contributed by atoms with Crippen molar-refractivity contribution in [1.82, 2.24) is 0 Å². The third-order valence-corrected chi connectivity index (χ3v) is 2.65. The van der Waals surface area contributed by atoms with Crippen molar-refractivity contribution in [1.29, 1.82) is 0 Å². The first-order valence-electron chi connectivity index (χ1n) is 4.99. The van der Waals surface area contributed by atoms with E-state index in [-0.39, 0.29) is 11.8 Å². The summed E-state index contributed by atoms with van der Waals surface area (Å²) in [7, 11) is 0. The van der Waals surface area contributed by atoms with Crippen LogP contribution in [0.3, 0.4) is 0 Å². The van der Waals surface area contributed by atoms with Crippen LogP contribution in [0.5, 0.6) is 0 Å². The molecule has 0 amide bonds. The van der Waals surface area contributed by atoms with E-state index in [0.29, 0.717) is 6.42 Å². The van der Waals surface area contributed by atoms with Crippen molar-refractivity contribution in [3.63, 3.8) is 0 Å². The number of rotatable bonds is 3. The molecule has 1 rings (SSSR count). The number of carbonyl (C=O) groups is 2. The van der Waals surface area contributed by atoms with E-state index in [4.69, 9.17) is 10.2 Å². The summed E-state index contributed by atoms with van der Waals surface area (Å²) in [6.45, 7) is 0. The summed E-state index contributed by atoms with van der Waals surface area (Å²) in [5, 5.41) is 17.3. The molecule has 1 aliphatic carbocycles. The molecule has 0 aromatic heterocycles. The minimum Gasteiger partial charge on any atom is -0.481 e. The van der Waals surface area contributed by atoms with Crippen LogP contribution < -0.4 is 0 Å². The maximum Gasteiger partial charge on any atom is 0.336 e. The lowest BCUT2D eigenvalue weighted by atomic mass is 9.79. The number of hydrogen-bond donors (Lipinski definition) is 2. The summed E-state index contributed by atoms with van der Waals surface area (Å²) < 4.78 is 0. The Balaban J connectivity index is 2.68. The summed E-state index contributed by atoms with van der Waals surface area (Å²) in [6, 6.07) is 0. The predicted molar refractivity (Wildman–Crippen MR) is 53.4 cm³/mol. The van der Waals surface area contributed by atoms with Gasteiger partial charge in [-0.25, -0.2) is 4.79 Å². The predicted octanol–water partition coefficient (Wildman–Crippen LogP) is 1.67. The number of aliphatic carboxylic acids is 2. The topological polar surface area (TPSA) is 74.6 Å². The van der Waals surface area contributed by atoms with Gasteiger partial charge >= 0.3 is 11.9 Å². The highest BCUT2D eigenvalue weighted by molar-refractivity contribution is 5.79. The molecule has 2 unspecified atom stereocenters. The van der Waals surface area contributed by atoms with Crippen LogP contribution in [0.2, 0.25) is 0 Å². The van der Waals surface area contributed by atoms with Crippen molar-refractivity contribution in [3.05, 3.63) is 17.9 Å². The second-order valence-corrected chi connectivity index (χ2v) is 3.71. The van der Waals surface area contributed by atoms with Gasteiger partial charge in [0.2, 0.25) is 0 Å². The molecule has 2 N–H and O–H groups in total. The molecule has 0 radical (unpaired) electrons. The van der Waals surface area contributed by atoms with Gasteiger partial charge < -0.3 is 10.2 Å². The van der Waals surface area contributed by atoms with E-state index in [1.807, 2.05) is 0 Å². The molecule has 0 saturated heterocycles. The number of hydrogen-bond acceptors (Lipinski definition) is 2. The van der Waals surface area contributed by atoms with Gasteiger partial charge in [0, 0.05) is 0 Å². The van der Waals surface area contributed by atoms with Gasteiger partial charge in [-0.1, -0.05) is 12.8 Å². The standard InChI is InChI=1S/C11H14O4/c12-10(13)7-3-5-8-4-1-2-6-9(8)11(14)15/h5,7-9H,1-2,4,6H2,(H,12,13)(H,14,15). The summed E-state index contributed by atoms with van der Waals surface area (Å²) in [6.07, 6.45) is 5.89. The van der Waals surface area contributed by atoms with E-state index >= 15 is 0 Å². The molecule has 1 fully saturated rings. The molecule has 0 bridgehead atoms. The van der Waals surface area contributed by atoms with Gasteiger partial charge in [0.05, 0.1) is 12.0 Å². The average molecular weight is 210 g/mol. The quantitative estimate of drug-likeness (QED) is 0.549. The molecule has 4 heteroatoms. The van der Waals surface area contributed by atoms with E-state index in [1.165, 1.54) is 0 Å². The van der Waals surface area contributed by atoms with E-state index in [0.717, 1.165) is 25.3 Å². The SMILES string of the molecule is O=C(O)C=C=CC1CCCCC1C(=O)O. The molecule has 0 heterocycles. The van der Waals surface area contributed by atoms with Gasteiger partial charge in [-0.3, -0.25) is 4.79 Å². The summed E-state index contributed by atoms with van der Waals surface area (Å²) in [5.41, 5.74) is 2.53. The fourth-order valence-electron chi connectivity index (χ4n) is 1.91. The maximum absolute atomic E-state index is 10.9. The Kier molecular flexibility index (Phi) is 4.13. The second kappa shape index (κ2) is 5.37. The molecule has 82 valence electrons. The zero-order chi connectivity index (χ0) is 11.3. The Morgan fingerprint density at radius 2 is 1.87 bits per heavy atom. The summed E-state index contributed by atoms with van der Waals surface area (Å²) in [4.78, 5) is 21.1. The summed E-state index contributed by atoms with van der Waals surface area (Å²) in [5.74, 6) is -2.32. The largest absolute Gasteiger partial charge is 0.481 e. The molecule has 0 aliphatic heterocycles. The van der Waals surface area contributed by atoms with Gasteiger partial charge in [-0.15, -0.1) is 5.73 Å². The van der Waals surface area contributed by atoms with E-state index in [2.05, 4.69) is 5.73 Å². The van der Waals surface area contributed by atoms with Gasteiger partial charge in [-0.2, -0.15) is 0 Å². The van der Waals surface area contributed by atoms with Gasteiger partial charge in [0.25, 0.3) is 0 Å². The Morgan fingerprint density at radius 3 is 2.47 bits per heavy atom. The fraction of sp³-hybridized carbons (Fsp3) is 0.545. The minimum absolute atomic E-state index is 0.0770. The minimum atomic E-state index is -1.06. The third kappa shape index (κ3) is 3.60. The molecule has 0 spiro atoms. The zero-order valence-electron chi connectivity index (χ0n) is 8.35. The molecule has 0 aromatic carbocycles. The van der Waals surface area contributed by atoms with Crippen molar-refractivity contribution >= 4 is 11.9 Å². The van der Waals surface area contributed by atoms with Crippen LogP contribution in [-0.4, -0.2) is 22.2 Å². The van der Waals surface area contributed by atoms with Crippen molar-refractivity contribution in [2.24, 2.45) is 11.8 Å². The van der Waals surface area contributed by atoms with Crippen molar-refractivity contribution in [2.75, 3.05) is 0 Å². The highest BCUT2D eigenvalue weighted by Gasteiger charge is 2.28. The smallest absolute Gasteiger partial charge is 0.336 e. The van der Waals surface area contributed by atoms with Crippen LogP contribution in [0.25, 0.3) is 0 Å². The molecule has 4 nitrogen and oxygen atoms in total. The average Bonchev–Trinajstić information content (AvgIpc) is 2.17.